The van der Waals surface area contributed by atoms with Crippen LogP contribution in [0, 0.1) is 5.82 Å². The number of rotatable bonds is 2. The summed E-state index contributed by atoms with van der Waals surface area (Å²) in [4.78, 5) is 12.3. The maximum Gasteiger partial charge on any atom is 0.205 e. The number of carbonyl (C=O) groups is 1. The van der Waals surface area contributed by atoms with Crippen LogP contribution in [0.25, 0.3) is 0 Å². The topological polar surface area (TPSA) is 17.1 Å². The molecule has 0 amide bonds. The summed E-state index contributed by atoms with van der Waals surface area (Å²) in [5.74, 6) is -0.872. The summed E-state index contributed by atoms with van der Waals surface area (Å²) in [6, 6.07) is 7.37. The Bertz CT molecular complexity index is 493. The van der Waals surface area contributed by atoms with E-state index in [0.29, 0.717) is 9.90 Å². The molecule has 2 aromatic rings. The van der Waals surface area contributed by atoms with Crippen LogP contribution in [-0.2, 0) is 0 Å². The maximum atomic E-state index is 13.3. The van der Waals surface area contributed by atoms with Gasteiger partial charge in [-0.3, -0.25) is 4.79 Å². The van der Waals surface area contributed by atoms with Crippen molar-refractivity contribution in [3.05, 3.63) is 57.0 Å². The van der Waals surface area contributed by atoms with E-state index in [1.54, 1.807) is 17.5 Å². The minimum atomic E-state index is -0.544. The molecule has 0 N–H and O–H groups in total. The van der Waals surface area contributed by atoms with Gasteiger partial charge in [0.2, 0.25) is 5.78 Å². The van der Waals surface area contributed by atoms with E-state index in [1.807, 2.05) is 0 Å². The summed E-state index contributed by atoms with van der Waals surface area (Å²) in [5.41, 5.74) is 0.0185. The van der Waals surface area contributed by atoms with Gasteiger partial charge in [0.15, 0.2) is 0 Å². The highest BCUT2D eigenvalue weighted by Gasteiger charge is 2.14. The lowest BCUT2D eigenvalue weighted by atomic mass is 10.1. The summed E-state index contributed by atoms with van der Waals surface area (Å²) < 4.78 is 13.3. The molecule has 0 atom stereocenters. The van der Waals surface area contributed by atoms with E-state index in [2.05, 4.69) is 0 Å². The third-order valence-electron chi connectivity index (χ3n) is 1.92. The van der Waals surface area contributed by atoms with Crippen LogP contribution in [0.3, 0.4) is 0 Å². The minimum Gasteiger partial charge on any atom is -0.288 e. The van der Waals surface area contributed by atoms with E-state index < -0.39 is 5.82 Å². The Morgan fingerprint density at radius 3 is 2.80 bits per heavy atom. The van der Waals surface area contributed by atoms with Crippen molar-refractivity contribution >= 4 is 28.7 Å². The van der Waals surface area contributed by atoms with Gasteiger partial charge in [-0.2, -0.15) is 0 Å². The van der Waals surface area contributed by atoms with Crippen molar-refractivity contribution in [1.82, 2.24) is 0 Å². The molecule has 15 heavy (non-hydrogen) atoms. The Morgan fingerprint density at radius 2 is 2.13 bits per heavy atom. The van der Waals surface area contributed by atoms with Crippen molar-refractivity contribution < 1.29 is 9.18 Å². The monoisotopic (exact) mass is 240 g/mol. The van der Waals surface area contributed by atoms with Crippen LogP contribution in [0.5, 0.6) is 0 Å². The molecule has 4 heteroatoms. The van der Waals surface area contributed by atoms with Crippen molar-refractivity contribution in [3.8, 4) is 0 Å². The fraction of sp³-hybridized carbons (Fsp3) is 0. The van der Waals surface area contributed by atoms with Crippen LogP contribution in [0.1, 0.15) is 15.2 Å². The van der Waals surface area contributed by atoms with Gasteiger partial charge in [0.05, 0.1) is 10.4 Å². The molecule has 1 heterocycles. The fourth-order valence-electron chi connectivity index (χ4n) is 1.21. The summed E-state index contributed by atoms with van der Waals surface area (Å²) in [6.07, 6.45) is 0. The first kappa shape index (κ1) is 10.3. The Hall–Kier alpha value is -1.19. The van der Waals surface area contributed by atoms with Crippen molar-refractivity contribution in [2.24, 2.45) is 0 Å². The first-order chi connectivity index (χ1) is 7.18. The molecule has 1 aromatic carbocycles. The SMILES string of the molecule is O=C(c1cccs1)c1cc(Cl)ccc1F. The van der Waals surface area contributed by atoms with Crippen LogP contribution >= 0.6 is 22.9 Å². The number of ketones is 1. The highest BCUT2D eigenvalue weighted by atomic mass is 35.5. The van der Waals surface area contributed by atoms with E-state index in [4.69, 9.17) is 11.6 Å². The van der Waals surface area contributed by atoms with Gasteiger partial charge in [0, 0.05) is 5.02 Å². The fourth-order valence-corrected chi connectivity index (χ4v) is 2.06. The molecule has 1 nitrogen and oxygen atoms in total. The summed E-state index contributed by atoms with van der Waals surface area (Å²) in [6.45, 7) is 0. The Labute approximate surface area is 95.1 Å². The highest BCUT2D eigenvalue weighted by Crippen LogP contribution is 2.20. The number of carbonyl (C=O) groups excluding carboxylic acids is 1. The van der Waals surface area contributed by atoms with Gasteiger partial charge in [-0.15, -0.1) is 11.3 Å². The van der Waals surface area contributed by atoms with Crippen molar-refractivity contribution in [2.45, 2.75) is 0 Å². The lowest BCUT2D eigenvalue weighted by molar-refractivity contribution is 0.103. The number of benzene rings is 1. The van der Waals surface area contributed by atoms with Crippen molar-refractivity contribution in [1.29, 1.82) is 0 Å². The van der Waals surface area contributed by atoms with Crippen LogP contribution in [-0.4, -0.2) is 5.78 Å². The lowest BCUT2D eigenvalue weighted by Gasteiger charge is -2.00. The summed E-state index contributed by atoms with van der Waals surface area (Å²) in [7, 11) is 0. The number of hydrogen-bond donors (Lipinski definition) is 0. The molecule has 0 saturated carbocycles. The average Bonchev–Trinajstić information content (AvgIpc) is 2.74. The molecule has 0 radical (unpaired) electrons. The predicted molar refractivity (Wildman–Crippen MR) is 59.2 cm³/mol. The van der Waals surface area contributed by atoms with E-state index in [0.717, 1.165) is 0 Å². The first-order valence-corrected chi connectivity index (χ1v) is 5.47. The van der Waals surface area contributed by atoms with Gasteiger partial charge in [0.25, 0.3) is 0 Å². The number of hydrogen-bond acceptors (Lipinski definition) is 2. The molecule has 2 rings (SSSR count). The molecule has 0 bridgehead atoms. The number of halogens is 2. The quantitative estimate of drug-likeness (QED) is 0.731. The molecule has 0 unspecified atom stereocenters. The van der Waals surface area contributed by atoms with E-state index in [1.165, 1.54) is 29.5 Å². The molecule has 1 aromatic heterocycles. The second-order valence-corrected chi connectivity index (χ2v) is 4.31. The first-order valence-electron chi connectivity index (χ1n) is 4.22. The zero-order chi connectivity index (χ0) is 10.8. The van der Waals surface area contributed by atoms with Gasteiger partial charge >= 0.3 is 0 Å². The minimum absolute atomic E-state index is 0.0185. The van der Waals surface area contributed by atoms with Crippen LogP contribution in [0.4, 0.5) is 4.39 Å². The standard InChI is InChI=1S/C11H6ClFOS/c12-7-3-4-9(13)8(6-7)11(14)10-2-1-5-15-10/h1-6H. The normalized spacial score (nSPS) is 10.3. The van der Waals surface area contributed by atoms with Gasteiger partial charge in [-0.05, 0) is 29.6 Å². The van der Waals surface area contributed by atoms with E-state index in [9.17, 15) is 9.18 Å². The molecule has 0 aliphatic rings. The summed E-state index contributed by atoms with van der Waals surface area (Å²) >= 11 is 6.99. The molecular formula is C11H6ClFOS. The van der Waals surface area contributed by atoms with Gasteiger partial charge in [-0.1, -0.05) is 17.7 Å². The van der Waals surface area contributed by atoms with Gasteiger partial charge < -0.3 is 0 Å². The second-order valence-electron chi connectivity index (χ2n) is 2.93. The van der Waals surface area contributed by atoms with Crippen LogP contribution in [0.15, 0.2) is 35.7 Å². The molecule has 0 aliphatic heterocycles. The molecule has 76 valence electrons. The lowest BCUT2D eigenvalue weighted by Crippen LogP contribution is -2.01. The third kappa shape index (κ3) is 2.08. The molecule has 0 fully saturated rings. The Balaban J connectivity index is 2.46. The Morgan fingerprint density at radius 1 is 1.33 bits per heavy atom. The second kappa shape index (κ2) is 4.13. The largest absolute Gasteiger partial charge is 0.288 e. The number of thiophene rings is 1. The van der Waals surface area contributed by atoms with E-state index >= 15 is 0 Å². The molecule has 0 aliphatic carbocycles. The predicted octanol–water partition coefficient (Wildman–Crippen LogP) is 3.77. The molecule has 0 spiro atoms. The van der Waals surface area contributed by atoms with Crippen LogP contribution in [0.2, 0.25) is 5.02 Å². The van der Waals surface area contributed by atoms with Gasteiger partial charge in [0.1, 0.15) is 5.82 Å². The average molecular weight is 241 g/mol. The zero-order valence-electron chi connectivity index (χ0n) is 7.54. The maximum absolute atomic E-state index is 13.3. The smallest absolute Gasteiger partial charge is 0.205 e. The van der Waals surface area contributed by atoms with E-state index in [-0.39, 0.29) is 11.3 Å². The zero-order valence-corrected chi connectivity index (χ0v) is 9.11. The van der Waals surface area contributed by atoms with Gasteiger partial charge in [-0.25, -0.2) is 4.39 Å². The van der Waals surface area contributed by atoms with Crippen LogP contribution < -0.4 is 0 Å². The molecule has 0 saturated heterocycles. The highest BCUT2D eigenvalue weighted by molar-refractivity contribution is 7.12. The van der Waals surface area contributed by atoms with Crippen molar-refractivity contribution in [3.63, 3.8) is 0 Å². The molecular weight excluding hydrogens is 235 g/mol. The Kier molecular flexibility index (Phi) is 2.84. The summed E-state index contributed by atoms with van der Waals surface area (Å²) in [5, 5.41) is 2.13. The third-order valence-corrected chi connectivity index (χ3v) is 3.02. The van der Waals surface area contributed by atoms with Crippen molar-refractivity contribution in [2.75, 3.05) is 0 Å².